The van der Waals surface area contributed by atoms with Gasteiger partial charge in [0, 0.05) is 0 Å². The van der Waals surface area contributed by atoms with Crippen LogP contribution in [0.15, 0.2) is 18.2 Å². The van der Waals surface area contributed by atoms with Crippen LogP contribution >= 0.6 is 0 Å². The predicted octanol–water partition coefficient (Wildman–Crippen LogP) is 4.13. The van der Waals surface area contributed by atoms with Gasteiger partial charge in [-0.1, -0.05) is 13.8 Å². The molecule has 1 fully saturated rings. The molecule has 0 aromatic heterocycles. The number of carbonyl (C=O) groups is 1. The van der Waals surface area contributed by atoms with Crippen LogP contribution < -0.4 is 4.74 Å². The average molecular weight is 262 g/mol. The van der Waals surface area contributed by atoms with Crippen LogP contribution in [0, 0.1) is 11.2 Å². The number of Topliss-reactive ketones (excluding diaryl/α,β-unsaturated/α-hetero) is 1. The Morgan fingerprint density at radius 3 is 2.53 bits per heavy atom. The minimum atomic E-state index is -0.378. The molecule has 1 spiro atoms. The zero-order valence-corrected chi connectivity index (χ0v) is 11.5. The van der Waals surface area contributed by atoms with Crippen molar-refractivity contribution in [3.63, 3.8) is 0 Å². The number of benzene rings is 1. The molecule has 0 radical (unpaired) electrons. The van der Waals surface area contributed by atoms with Crippen LogP contribution in [0.5, 0.6) is 5.75 Å². The van der Waals surface area contributed by atoms with Crippen molar-refractivity contribution in [2.24, 2.45) is 5.41 Å². The van der Waals surface area contributed by atoms with Gasteiger partial charge in [-0.15, -0.1) is 0 Å². The molecule has 1 aromatic carbocycles. The fourth-order valence-corrected chi connectivity index (χ4v) is 3.13. The molecule has 1 saturated carbocycles. The Balaban J connectivity index is 1.89. The van der Waals surface area contributed by atoms with Gasteiger partial charge < -0.3 is 4.74 Å². The van der Waals surface area contributed by atoms with E-state index in [9.17, 15) is 9.18 Å². The smallest absolute Gasteiger partial charge is 0.170 e. The van der Waals surface area contributed by atoms with E-state index in [1.54, 1.807) is 6.07 Å². The lowest BCUT2D eigenvalue weighted by Crippen LogP contribution is -2.46. The SMILES string of the molecule is CC1(C)CCC2(CC1)CC(=O)c1cc(F)ccc1O2. The molecule has 2 aliphatic rings. The molecule has 0 amide bonds. The fourth-order valence-electron chi connectivity index (χ4n) is 3.13. The Kier molecular flexibility index (Phi) is 2.70. The molecule has 0 saturated heterocycles. The van der Waals surface area contributed by atoms with Crippen molar-refractivity contribution < 1.29 is 13.9 Å². The van der Waals surface area contributed by atoms with Crippen LogP contribution in [-0.2, 0) is 0 Å². The van der Waals surface area contributed by atoms with Gasteiger partial charge in [-0.05, 0) is 49.3 Å². The van der Waals surface area contributed by atoms with Gasteiger partial charge in [-0.2, -0.15) is 0 Å². The Morgan fingerprint density at radius 2 is 1.84 bits per heavy atom. The minimum Gasteiger partial charge on any atom is -0.486 e. The number of rotatable bonds is 0. The van der Waals surface area contributed by atoms with Gasteiger partial charge in [0.25, 0.3) is 0 Å². The summed E-state index contributed by atoms with van der Waals surface area (Å²) in [6, 6.07) is 4.23. The van der Waals surface area contributed by atoms with Crippen LogP contribution in [0.25, 0.3) is 0 Å². The first kappa shape index (κ1) is 12.6. The zero-order chi connectivity index (χ0) is 13.7. The normalized spacial score (nSPS) is 23.8. The van der Waals surface area contributed by atoms with Crippen LogP contribution in [0.2, 0.25) is 0 Å². The predicted molar refractivity (Wildman–Crippen MR) is 71.0 cm³/mol. The first-order chi connectivity index (χ1) is 8.89. The summed E-state index contributed by atoms with van der Waals surface area (Å²) in [5.41, 5.74) is 0.383. The van der Waals surface area contributed by atoms with Gasteiger partial charge in [0.15, 0.2) is 5.78 Å². The van der Waals surface area contributed by atoms with Crippen LogP contribution in [0.3, 0.4) is 0 Å². The monoisotopic (exact) mass is 262 g/mol. The maximum Gasteiger partial charge on any atom is 0.170 e. The summed E-state index contributed by atoms with van der Waals surface area (Å²) in [6.45, 7) is 4.52. The lowest BCUT2D eigenvalue weighted by molar-refractivity contribution is -0.0130. The summed E-state index contributed by atoms with van der Waals surface area (Å²) in [6.07, 6.45) is 4.33. The summed E-state index contributed by atoms with van der Waals surface area (Å²) >= 11 is 0. The standard InChI is InChI=1S/C16H19FO2/c1-15(2)5-7-16(8-6-15)10-13(18)12-9-11(17)3-4-14(12)19-16/h3-4,9H,5-8,10H2,1-2H3. The summed E-state index contributed by atoms with van der Waals surface area (Å²) in [4.78, 5) is 12.2. The Labute approximate surface area is 113 Å². The molecule has 1 aliphatic heterocycles. The van der Waals surface area contributed by atoms with Crippen molar-refractivity contribution >= 4 is 5.78 Å². The van der Waals surface area contributed by atoms with Gasteiger partial charge in [0.1, 0.15) is 17.2 Å². The highest BCUT2D eigenvalue weighted by molar-refractivity contribution is 6.00. The summed E-state index contributed by atoms with van der Waals surface area (Å²) in [5, 5.41) is 0. The zero-order valence-electron chi connectivity index (χ0n) is 11.5. The van der Waals surface area contributed by atoms with Gasteiger partial charge in [0.2, 0.25) is 0 Å². The molecular formula is C16H19FO2. The van der Waals surface area contributed by atoms with Crippen molar-refractivity contribution in [2.45, 2.75) is 51.6 Å². The van der Waals surface area contributed by atoms with E-state index >= 15 is 0 Å². The number of ketones is 1. The highest BCUT2D eigenvalue weighted by atomic mass is 19.1. The van der Waals surface area contributed by atoms with E-state index in [0.717, 1.165) is 25.7 Å². The Bertz CT molecular complexity index is 524. The molecule has 1 heterocycles. The molecule has 0 N–H and O–H groups in total. The lowest BCUT2D eigenvalue weighted by atomic mass is 9.68. The molecule has 102 valence electrons. The highest BCUT2D eigenvalue weighted by Crippen LogP contribution is 2.47. The molecule has 19 heavy (non-hydrogen) atoms. The number of hydrogen-bond donors (Lipinski definition) is 0. The average Bonchev–Trinajstić information content (AvgIpc) is 2.35. The maximum absolute atomic E-state index is 13.2. The largest absolute Gasteiger partial charge is 0.486 e. The number of hydrogen-bond acceptors (Lipinski definition) is 2. The highest BCUT2D eigenvalue weighted by Gasteiger charge is 2.45. The van der Waals surface area contributed by atoms with Gasteiger partial charge in [-0.25, -0.2) is 4.39 Å². The lowest BCUT2D eigenvalue weighted by Gasteiger charge is -2.45. The van der Waals surface area contributed by atoms with E-state index in [0.29, 0.717) is 23.1 Å². The van der Waals surface area contributed by atoms with Crippen molar-refractivity contribution in [3.8, 4) is 5.75 Å². The van der Waals surface area contributed by atoms with Crippen LogP contribution in [-0.4, -0.2) is 11.4 Å². The van der Waals surface area contributed by atoms with Gasteiger partial charge in [0.05, 0.1) is 12.0 Å². The maximum atomic E-state index is 13.2. The number of halogens is 1. The second kappa shape index (κ2) is 4.06. The van der Waals surface area contributed by atoms with Crippen LogP contribution in [0.4, 0.5) is 4.39 Å². The second-order valence-electron chi connectivity index (χ2n) is 6.69. The van der Waals surface area contributed by atoms with Gasteiger partial charge >= 0.3 is 0 Å². The second-order valence-corrected chi connectivity index (χ2v) is 6.69. The van der Waals surface area contributed by atoms with Crippen LogP contribution in [0.1, 0.15) is 56.3 Å². The summed E-state index contributed by atoms with van der Waals surface area (Å²) in [5.74, 6) is 0.189. The molecule has 2 nitrogen and oxygen atoms in total. The van der Waals surface area contributed by atoms with E-state index in [4.69, 9.17) is 4.74 Å². The van der Waals surface area contributed by atoms with Crippen molar-refractivity contribution in [1.29, 1.82) is 0 Å². The molecule has 0 unspecified atom stereocenters. The third-order valence-electron chi connectivity index (χ3n) is 4.57. The first-order valence-electron chi connectivity index (χ1n) is 6.91. The van der Waals surface area contributed by atoms with E-state index in [2.05, 4.69) is 13.8 Å². The van der Waals surface area contributed by atoms with Crippen molar-refractivity contribution in [1.82, 2.24) is 0 Å². The molecule has 0 atom stereocenters. The minimum absolute atomic E-state index is 0.0143. The topological polar surface area (TPSA) is 26.3 Å². The molecule has 1 aliphatic carbocycles. The number of ether oxygens (including phenoxy) is 1. The van der Waals surface area contributed by atoms with E-state index < -0.39 is 0 Å². The molecule has 1 aromatic rings. The Hall–Kier alpha value is -1.38. The van der Waals surface area contributed by atoms with E-state index in [1.165, 1.54) is 12.1 Å². The molecule has 3 heteroatoms. The number of fused-ring (bicyclic) bond motifs is 1. The molecular weight excluding hydrogens is 243 g/mol. The summed E-state index contributed by atoms with van der Waals surface area (Å²) < 4.78 is 19.3. The van der Waals surface area contributed by atoms with E-state index in [-0.39, 0.29) is 17.2 Å². The summed E-state index contributed by atoms with van der Waals surface area (Å²) in [7, 11) is 0. The van der Waals surface area contributed by atoms with Crippen molar-refractivity contribution in [2.75, 3.05) is 0 Å². The fraction of sp³-hybridized carbons (Fsp3) is 0.562. The van der Waals surface area contributed by atoms with Gasteiger partial charge in [-0.3, -0.25) is 4.79 Å². The molecule has 3 rings (SSSR count). The third-order valence-corrected chi connectivity index (χ3v) is 4.57. The molecule has 0 bridgehead atoms. The Morgan fingerprint density at radius 1 is 1.16 bits per heavy atom. The van der Waals surface area contributed by atoms with E-state index in [1.807, 2.05) is 0 Å². The quantitative estimate of drug-likeness (QED) is 0.702. The van der Waals surface area contributed by atoms with Crippen molar-refractivity contribution in [3.05, 3.63) is 29.6 Å². The first-order valence-corrected chi connectivity index (χ1v) is 6.91. The third kappa shape index (κ3) is 2.26. The number of carbonyl (C=O) groups excluding carboxylic acids is 1.